The third-order valence-corrected chi connectivity index (χ3v) is 10.9. The second-order valence-corrected chi connectivity index (χ2v) is 15.3. The maximum atomic E-state index is 10.5. The van der Waals surface area contributed by atoms with Crippen molar-refractivity contribution in [2.45, 2.75) is 88.8 Å². The number of nitrogens with zero attached hydrogens (tertiary/aromatic N) is 6. The molecule has 52 heavy (non-hydrogen) atoms. The van der Waals surface area contributed by atoms with E-state index in [1.165, 1.54) is 27.8 Å². The summed E-state index contributed by atoms with van der Waals surface area (Å²) in [6, 6.07) is 36.1. The summed E-state index contributed by atoms with van der Waals surface area (Å²) in [6.07, 6.45) is 9.68. The van der Waals surface area contributed by atoms with Crippen molar-refractivity contribution < 1.29 is 10.2 Å². The number of aryl methyl sites for hydroxylation is 2. The highest BCUT2D eigenvalue weighted by atomic mass is 16.3. The van der Waals surface area contributed by atoms with Gasteiger partial charge in [0.1, 0.15) is 11.6 Å². The Morgan fingerprint density at radius 2 is 1.17 bits per heavy atom. The first-order valence-corrected chi connectivity index (χ1v) is 18.4. The minimum Gasteiger partial charge on any atom is -0.393 e. The van der Waals surface area contributed by atoms with Crippen LogP contribution in [0.5, 0.6) is 0 Å². The second-order valence-electron chi connectivity index (χ2n) is 15.3. The van der Waals surface area contributed by atoms with E-state index < -0.39 is 5.60 Å². The molecular formula is C44H46N6O2. The largest absolute Gasteiger partial charge is 0.393 e. The molecule has 0 bridgehead atoms. The summed E-state index contributed by atoms with van der Waals surface area (Å²) in [5, 5.41) is 38.1. The normalized spacial score (nSPS) is 16.3. The highest BCUT2D eigenvalue weighted by Gasteiger charge is 2.50. The topological polar surface area (TPSA) is 101 Å². The summed E-state index contributed by atoms with van der Waals surface area (Å²) in [5.41, 5.74) is 8.89. The Kier molecular flexibility index (Phi) is 8.55. The minimum absolute atomic E-state index is 0.00993. The lowest BCUT2D eigenvalue weighted by Crippen LogP contribution is -2.18. The van der Waals surface area contributed by atoms with Gasteiger partial charge >= 0.3 is 0 Å². The van der Waals surface area contributed by atoms with Gasteiger partial charge in [-0.25, -0.2) is 0 Å². The number of hydrogen-bond acceptors (Lipinski definition) is 6. The molecule has 2 fully saturated rings. The van der Waals surface area contributed by atoms with Crippen molar-refractivity contribution in [2.75, 3.05) is 0 Å². The number of fused-ring (bicyclic) bond motifs is 2. The molecule has 8 heteroatoms. The lowest BCUT2D eigenvalue weighted by atomic mass is 9.92. The first-order valence-electron chi connectivity index (χ1n) is 18.4. The van der Waals surface area contributed by atoms with Crippen LogP contribution in [0.25, 0.3) is 22.4 Å². The first kappa shape index (κ1) is 33.9. The zero-order valence-electron chi connectivity index (χ0n) is 30.4. The standard InChI is InChI=1S/C24H23N3O.C20H23N3O/c1-23(2,28)20-9-6-16-27-21(20)25-26-22(27)24(14-15-24)19-12-10-18(11-13-19)17-7-4-3-5-8-17;1-14-5-9-17(10-6-14)20(11-12-20)19-22-21-18-16(8-7-15(2)24)4-3-13-23(18)19/h3-13,16,28H,14-15H2,1-2H3;3-6,9-10,13,15,24H,7-8,11-12H2,1-2H3. The van der Waals surface area contributed by atoms with Gasteiger partial charge in [0.05, 0.1) is 22.5 Å². The van der Waals surface area contributed by atoms with Crippen LogP contribution in [0.1, 0.15) is 92.3 Å². The van der Waals surface area contributed by atoms with Crippen LogP contribution in [0.4, 0.5) is 0 Å². The molecule has 4 heterocycles. The molecule has 2 N–H and O–H groups in total. The van der Waals surface area contributed by atoms with E-state index in [0.29, 0.717) is 0 Å². The Labute approximate surface area is 304 Å². The van der Waals surface area contributed by atoms with Crippen LogP contribution in [0, 0.1) is 6.92 Å². The van der Waals surface area contributed by atoms with E-state index in [1.807, 2.05) is 35.7 Å². The van der Waals surface area contributed by atoms with Crippen molar-refractivity contribution in [3.63, 3.8) is 0 Å². The van der Waals surface area contributed by atoms with Crippen LogP contribution in [0.2, 0.25) is 0 Å². The third-order valence-electron chi connectivity index (χ3n) is 10.9. The summed E-state index contributed by atoms with van der Waals surface area (Å²) in [6.45, 7) is 7.51. The monoisotopic (exact) mass is 690 g/mol. The van der Waals surface area contributed by atoms with E-state index in [2.05, 4.69) is 123 Å². The molecule has 0 spiro atoms. The number of hydrogen-bond donors (Lipinski definition) is 2. The highest BCUT2D eigenvalue weighted by Crippen LogP contribution is 2.54. The van der Waals surface area contributed by atoms with E-state index in [-0.39, 0.29) is 16.9 Å². The van der Waals surface area contributed by atoms with Crippen molar-refractivity contribution in [3.05, 3.63) is 155 Å². The van der Waals surface area contributed by atoms with Crippen LogP contribution in [0.15, 0.2) is 116 Å². The minimum atomic E-state index is -0.957. The summed E-state index contributed by atoms with van der Waals surface area (Å²) in [5.74, 6) is 2.00. The molecule has 0 aliphatic heterocycles. The quantitative estimate of drug-likeness (QED) is 0.159. The molecule has 264 valence electrons. The van der Waals surface area contributed by atoms with Gasteiger partial charge < -0.3 is 10.2 Å². The molecule has 4 aromatic heterocycles. The van der Waals surface area contributed by atoms with E-state index >= 15 is 0 Å². The zero-order chi connectivity index (χ0) is 36.1. The lowest BCUT2D eigenvalue weighted by Gasteiger charge is -2.19. The Balaban J connectivity index is 0.000000151. The molecule has 3 aromatic carbocycles. The predicted molar refractivity (Wildman–Crippen MR) is 204 cm³/mol. The Bertz CT molecular complexity index is 2330. The number of aliphatic hydroxyl groups excluding tert-OH is 1. The smallest absolute Gasteiger partial charge is 0.166 e. The van der Waals surface area contributed by atoms with Crippen LogP contribution in [0.3, 0.4) is 0 Å². The van der Waals surface area contributed by atoms with Crippen molar-refractivity contribution in [2.24, 2.45) is 0 Å². The number of aromatic nitrogens is 6. The number of pyridine rings is 2. The average Bonchev–Trinajstić information content (AvgIpc) is 4.05. The van der Waals surface area contributed by atoms with Gasteiger partial charge in [-0.1, -0.05) is 96.6 Å². The fourth-order valence-corrected chi connectivity index (χ4v) is 7.59. The molecule has 7 aromatic rings. The summed E-state index contributed by atoms with van der Waals surface area (Å²) in [7, 11) is 0. The molecule has 2 aliphatic carbocycles. The molecular weight excluding hydrogens is 645 g/mol. The SMILES string of the molecule is CC(C)(O)c1cccn2c(C3(c4ccc(-c5ccccc5)cc4)CC3)nnc12.Cc1ccc(C2(c3nnc4c(CCC(C)O)cccn34)CC2)cc1. The summed E-state index contributed by atoms with van der Waals surface area (Å²) < 4.78 is 4.19. The zero-order valence-corrected chi connectivity index (χ0v) is 30.4. The predicted octanol–water partition coefficient (Wildman–Crippen LogP) is 8.13. The molecule has 1 atom stereocenters. The maximum absolute atomic E-state index is 10.5. The van der Waals surface area contributed by atoms with Gasteiger partial charge in [0.25, 0.3) is 0 Å². The van der Waals surface area contributed by atoms with E-state index in [9.17, 15) is 10.2 Å². The number of rotatable bonds is 9. The van der Waals surface area contributed by atoms with Gasteiger partial charge in [0, 0.05) is 18.0 Å². The Hall–Kier alpha value is -5.18. The molecule has 8 nitrogen and oxygen atoms in total. The third kappa shape index (κ3) is 6.20. The van der Waals surface area contributed by atoms with E-state index in [4.69, 9.17) is 0 Å². The molecule has 1 unspecified atom stereocenters. The van der Waals surface area contributed by atoms with Gasteiger partial charge in [-0.15, -0.1) is 20.4 Å². The average molecular weight is 691 g/mol. The van der Waals surface area contributed by atoms with Crippen molar-refractivity contribution >= 4 is 11.3 Å². The first-order chi connectivity index (χ1) is 25.1. The highest BCUT2D eigenvalue weighted by molar-refractivity contribution is 5.64. The summed E-state index contributed by atoms with van der Waals surface area (Å²) >= 11 is 0. The Morgan fingerprint density at radius 1 is 0.654 bits per heavy atom. The van der Waals surface area contributed by atoms with Crippen LogP contribution in [-0.4, -0.2) is 45.5 Å². The van der Waals surface area contributed by atoms with Crippen LogP contribution < -0.4 is 0 Å². The van der Waals surface area contributed by atoms with Crippen molar-refractivity contribution in [1.82, 2.24) is 29.2 Å². The second kappa shape index (κ2) is 13.1. The summed E-state index contributed by atoms with van der Waals surface area (Å²) in [4.78, 5) is 0. The van der Waals surface area contributed by atoms with E-state index in [0.717, 1.165) is 72.6 Å². The molecule has 2 saturated carbocycles. The van der Waals surface area contributed by atoms with Crippen molar-refractivity contribution in [3.8, 4) is 11.1 Å². The lowest BCUT2D eigenvalue weighted by molar-refractivity contribution is 0.0796. The van der Waals surface area contributed by atoms with Crippen LogP contribution in [-0.2, 0) is 22.9 Å². The van der Waals surface area contributed by atoms with Gasteiger partial charge in [0.15, 0.2) is 11.3 Å². The van der Waals surface area contributed by atoms with Gasteiger partial charge in [0.2, 0.25) is 0 Å². The fraction of sp³-hybridized carbons (Fsp3) is 0.318. The van der Waals surface area contributed by atoms with Crippen LogP contribution >= 0.6 is 0 Å². The molecule has 0 radical (unpaired) electrons. The van der Waals surface area contributed by atoms with E-state index in [1.54, 1.807) is 13.8 Å². The Morgan fingerprint density at radius 3 is 1.73 bits per heavy atom. The molecule has 9 rings (SSSR count). The molecule has 0 saturated heterocycles. The van der Waals surface area contributed by atoms with Crippen molar-refractivity contribution in [1.29, 1.82) is 0 Å². The van der Waals surface area contributed by atoms with Gasteiger partial charge in [-0.05, 0) is 106 Å². The maximum Gasteiger partial charge on any atom is 0.166 e. The molecule has 0 amide bonds. The number of aliphatic hydroxyl groups is 2. The fourth-order valence-electron chi connectivity index (χ4n) is 7.59. The number of benzene rings is 3. The van der Waals surface area contributed by atoms with Gasteiger partial charge in [-0.3, -0.25) is 8.80 Å². The molecule has 2 aliphatic rings. The van der Waals surface area contributed by atoms with Gasteiger partial charge in [-0.2, -0.15) is 0 Å².